The Labute approximate surface area is 126 Å². The molecule has 6 heteroatoms. The normalized spacial score (nSPS) is 13.0. The highest BCUT2D eigenvalue weighted by Crippen LogP contribution is 2.30. The number of carboxylic acid groups (broad SMARTS) is 1. The SMILES string of the molecule is CSc1nc2c(c(Nc3ccc(C(=O)O)cc3)n1)CCC2. The quantitative estimate of drug-likeness (QED) is 0.667. The van der Waals surface area contributed by atoms with Crippen LogP contribution in [0.25, 0.3) is 0 Å². The summed E-state index contributed by atoms with van der Waals surface area (Å²) < 4.78 is 0. The first kappa shape index (κ1) is 13.9. The summed E-state index contributed by atoms with van der Waals surface area (Å²) in [6.45, 7) is 0. The summed E-state index contributed by atoms with van der Waals surface area (Å²) >= 11 is 1.53. The molecule has 0 unspecified atom stereocenters. The van der Waals surface area contributed by atoms with Gasteiger partial charge < -0.3 is 10.4 Å². The summed E-state index contributed by atoms with van der Waals surface area (Å²) in [6.07, 6.45) is 5.05. The summed E-state index contributed by atoms with van der Waals surface area (Å²) in [5.74, 6) is -0.0842. The number of hydrogen-bond acceptors (Lipinski definition) is 5. The number of anilines is 2. The molecule has 0 atom stereocenters. The number of carboxylic acids is 1. The highest BCUT2D eigenvalue weighted by Gasteiger charge is 2.19. The first-order valence-electron chi connectivity index (χ1n) is 6.71. The van der Waals surface area contributed by atoms with E-state index in [0.29, 0.717) is 0 Å². The van der Waals surface area contributed by atoms with Crippen LogP contribution in [0, 0.1) is 0 Å². The van der Waals surface area contributed by atoms with Gasteiger partial charge >= 0.3 is 5.97 Å². The van der Waals surface area contributed by atoms with Crippen LogP contribution in [0.5, 0.6) is 0 Å². The van der Waals surface area contributed by atoms with E-state index in [1.165, 1.54) is 17.3 Å². The zero-order valence-electron chi connectivity index (χ0n) is 11.6. The Balaban J connectivity index is 1.90. The lowest BCUT2D eigenvalue weighted by molar-refractivity contribution is 0.0697. The second kappa shape index (κ2) is 5.73. The summed E-state index contributed by atoms with van der Waals surface area (Å²) in [5, 5.41) is 13.0. The molecule has 5 nitrogen and oxygen atoms in total. The lowest BCUT2D eigenvalue weighted by Crippen LogP contribution is -2.03. The van der Waals surface area contributed by atoms with Crippen molar-refractivity contribution in [3.05, 3.63) is 41.1 Å². The molecule has 0 spiro atoms. The number of rotatable bonds is 4. The number of aryl methyl sites for hydroxylation is 1. The molecule has 0 amide bonds. The van der Waals surface area contributed by atoms with E-state index in [1.54, 1.807) is 24.3 Å². The van der Waals surface area contributed by atoms with Crippen LogP contribution in [0.1, 0.15) is 28.0 Å². The minimum Gasteiger partial charge on any atom is -0.478 e. The zero-order chi connectivity index (χ0) is 14.8. The van der Waals surface area contributed by atoms with E-state index in [9.17, 15) is 4.79 Å². The predicted octanol–water partition coefficient (Wildman–Crippen LogP) is 3.13. The molecule has 1 heterocycles. The molecular weight excluding hydrogens is 286 g/mol. The third-order valence-corrected chi connectivity index (χ3v) is 4.04. The second-order valence-corrected chi connectivity index (χ2v) is 5.62. The van der Waals surface area contributed by atoms with Crippen LogP contribution in [-0.2, 0) is 12.8 Å². The van der Waals surface area contributed by atoms with Crippen molar-refractivity contribution in [2.24, 2.45) is 0 Å². The Morgan fingerprint density at radius 3 is 2.67 bits per heavy atom. The molecule has 1 aromatic heterocycles. The third-order valence-electron chi connectivity index (χ3n) is 3.49. The van der Waals surface area contributed by atoms with Gasteiger partial charge in [-0.2, -0.15) is 0 Å². The minimum atomic E-state index is -0.922. The summed E-state index contributed by atoms with van der Waals surface area (Å²) in [4.78, 5) is 19.9. The first-order valence-corrected chi connectivity index (χ1v) is 7.94. The van der Waals surface area contributed by atoms with Gasteiger partial charge in [-0.25, -0.2) is 14.8 Å². The Hall–Kier alpha value is -2.08. The molecule has 0 saturated carbocycles. The lowest BCUT2D eigenvalue weighted by Gasteiger charge is -2.11. The fourth-order valence-corrected chi connectivity index (χ4v) is 2.82. The van der Waals surface area contributed by atoms with E-state index in [2.05, 4.69) is 15.3 Å². The average molecular weight is 301 g/mol. The number of fused-ring (bicyclic) bond motifs is 1. The minimum absolute atomic E-state index is 0.276. The standard InChI is InChI=1S/C15H15N3O2S/c1-21-15-17-12-4-2-3-11(12)13(18-15)16-10-7-5-9(6-8-10)14(19)20/h5-8H,2-4H2,1H3,(H,19,20)(H,16,17,18). The van der Waals surface area contributed by atoms with Crippen molar-refractivity contribution in [1.82, 2.24) is 9.97 Å². The summed E-state index contributed by atoms with van der Waals surface area (Å²) in [7, 11) is 0. The maximum absolute atomic E-state index is 10.9. The number of aromatic nitrogens is 2. The number of thioether (sulfide) groups is 1. The van der Waals surface area contributed by atoms with Crippen molar-refractivity contribution in [3.8, 4) is 0 Å². The van der Waals surface area contributed by atoms with Gasteiger partial charge in [-0.3, -0.25) is 0 Å². The topological polar surface area (TPSA) is 75.1 Å². The number of nitrogens with one attached hydrogen (secondary N) is 1. The first-order chi connectivity index (χ1) is 10.2. The largest absolute Gasteiger partial charge is 0.478 e. The molecule has 2 N–H and O–H groups in total. The van der Waals surface area contributed by atoms with E-state index >= 15 is 0 Å². The summed E-state index contributed by atoms with van der Waals surface area (Å²) in [6, 6.07) is 6.68. The number of hydrogen-bond donors (Lipinski definition) is 2. The van der Waals surface area contributed by atoms with Crippen molar-refractivity contribution < 1.29 is 9.90 Å². The highest BCUT2D eigenvalue weighted by molar-refractivity contribution is 7.98. The van der Waals surface area contributed by atoms with Crippen molar-refractivity contribution in [1.29, 1.82) is 0 Å². The Bertz CT molecular complexity index is 686. The number of nitrogens with zero attached hydrogens (tertiary/aromatic N) is 2. The molecule has 0 radical (unpaired) electrons. The second-order valence-electron chi connectivity index (χ2n) is 4.85. The molecule has 3 rings (SSSR count). The van der Waals surface area contributed by atoms with Crippen LogP contribution in [-0.4, -0.2) is 27.3 Å². The van der Waals surface area contributed by atoms with E-state index in [-0.39, 0.29) is 5.56 Å². The van der Waals surface area contributed by atoms with Crippen molar-refractivity contribution in [2.45, 2.75) is 24.4 Å². The van der Waals surface area contributed by atoms with Gasteiger partial charge in [-0.05, 0) is 49.8 Å². The van der Waals surface area contributed by atoms with Crippen LogP contribution < -0.4 is 5.32 Å². The van der Waals surface area contributed by atoms with Gasteiger partial charge in [0, 0.05) is 11.3 Å². The fraction of sp³-hybridized carbons (Fsp3) is 0.267. The van der Waals surface area contributed by atoms with Gasteiger partial charge in [0.1, 0.15) is 5.82 Å². The number of carbonyl (C=O) groups is 1. The smallest absolute Gasteiger partial charge is 0.335 e. The van der Waals surface area contributed by atoms with Gasteiger partial charge in [0.25, 0.3) is 0 Å². The maximum atomic E-state index is 10.9. The maximum Gasteiger partial charge on any atom is 0.335 e. The molecule has 0 saturated heterocycles. The Morgan fingerprint density at radius 2 is 2.00 bits per heavy atom. The molecule has 21 heavy (non-hydrogen) atoms. The Morgan fingerprint density at radius 1 is 1.24 bits per heavy atom. The molecule has 0 bridgehead atoms. The summed E-state index contributed by atoms with van der Waals surface area (Å²) in [5.41, 5.74) is 3.41. The van der Waals surface area contributed by atoms with E-state index in [1.807, 2.05) is 6.26 Å². The van der Waals surface area contributed by atoms with E-state index in [0.717, 1.165) is 41.6 Å². The van der Waals surface area contributed by atoms with Crippen molar-refractivity contribution in [2.75, 3.05) is 11.6 Å². The molecule has 2 aromatic rings. The van der Waals surface area contributed by atoms with E-state index in [4.69, 9.17) is 5.11 Å². The van der Waals surface area contributed by atoms with Crippen molar-refractivity contribution >= 4 is 29.2 Å². The monoisotopic (exact) mass is 301 g/mol. The van der Waals surface area contributed by atoms with E-state index < -0.39 is 5.97 Å². The number of benzene rings is 1. The van der Waals surface area contributed by atoms with Crippen LogP contribution >= 0.6 is 11.8 Å². The lowest BCUT2D eigenvalue weighted by atomic mass is 10.2. The van der Waals surface area contributed by atoms with Crippen LogP contribution in [0.15, 0.2) is 29.4 Å². The molecule has 108 valence electrons. The molecule has 1 aromatic carbocycles. The van der Waals surface area contributed by atoms with Gasteiger partial charge in [0.05, 0.1) is 11.3 Å². The Kier molecular flexibility index (Phi) is 3.79. The number of aromatic carboxylic acids is 1. The van der Waals surface area contributed by atoms with Gasteiger partial charge in [-0.15, -0.1) is 0 Å². The van der Waals surface area contributed by atoms with Crippen LogP contribution in [0.4, 0.5) is 11.5 Å². The fourth-order valence-electron chi connectivity index (χ4n) is 2.44. The van der Waals surface area contributed by atoms with Gasteiger partial charge in [-0.1, -0.05) is 11.8 Å². The highest BCUT2D eigenvalue weighted by atomic mass is 32.2. The zero-order valence-corrected chi connectivity index (χ0v) is 12.4. The van der Waals surface area contributed by atoms with Crippen LogP contribution in [0.3, 0.4) is 0 Å². The molecule has 0 fully saturated rings. The molecule has 1 aliphatic rings. The molecule has 1 aliphatic carbocycles. The third kappa shape index (κ3) is 2.85. The van der Waals surface area contributed by atoms with Gasteiger partial charge in [0.15, 0.2) is 5.16 Å². The predicted molar refractivity (Wildman–Crippen MR) is 82.5 cm³/mol. The van der Waals surface area contributed by atoms with Gasteiger partial charge in [0.2, 0.25) is 0 Å². The molecule has 0 aliphatic heterocycles. The molecular formula is C15H15N3O2S. The average Bonchev–Trinajstić information content (AvgIpc) is 2.96. The van der Waals surface area contributed by atoms with Crippen LogP contribution in [0.2, 0.25) is 0 Å². The van der Waals surface area contributed by atoms with Crippen molar-refractivity contribution in [3.63, 3.8) is 0 Å².